The van der Waals surface area contributed by atoms with Gasteiger partial charge in [0.2, 0.25) is 5.91 Å². The summed E-state index contributed by atoms with van der Waals surface area (Å²) < 4.78 is 6.89. The summed E-state index contributed by atoms with van der Waals surface area (Å²) in [4.78, 5) is 41.9. The van der Waals surface area contributed by atoms with E-state index in [0.717, 1.165) is 10.8 Å². The van der Waals surface area contributed by atoms with Crippen LogP contribution in [0.4, 0.5) is 5.82 Å². The summed E-state index contributed by atoms with van der Waals surface area (Å²) in [6.45, 7) is 2.57. The van der Waals surface area contributed by atoms with Gasteiger partial charge in [0.1, 0.15) is 18.4 Å². The van der Waals surface area contributed by atoms with Crippen molar-refractivity contribution >= 4 is 39.7 Å². The van der Waals surface area contributed by atoms with Gasteiger partial charge in [-0.05, 0) is 24.8 Å². The summed E-state index contributed by atoms with van der Waals surface area (Å²) in [5, 5.41) is 24.2. The van der Waals surface area contributed by atoms with Gasteiger partial charge in [-0.15, -0.1) is 5.71 Å². The number of fused-ring (bicyclic) bond motifs is 1. The SMILES string of the molecule is CCC(C(=O)NCC(=O)COc1cccc2ccccc12)n1ccnc(NCC(=[N-])C(C)=N)c1=O. The number of rotatable bonds is 12. The second-order valence-electron chi connectivity index (χ2n) is 7.86. The lowest BCUT2D eigenvalue weighted by atomic mass is 10.1. The standard InChI is InChI=1S/C25H27N6O4/c1-3-21(31-12-11-28-23(25(31)34)29-14-20(27)16(2)26)24(33)30-13-18(32)15-35-22-10-6-8-17-7-4-5-9-19(17)22/h4-12,21,26H,3,13-15H2,1-2H3,(H,28,29)(H,30,33)/q-1. The molecule has 1 aromatic heterocycles. The van der Waals surface area contributed by atoms with Crippen molar-refractivity contribution in [1.29, 1.82) is 5.41 Å². The van der Waals surface area contributed by atoms with E-state index in [1.165, 1.54) is 23.9 Å². The normalized spacial score (nSPS) is 11.5. The molecule has 0 radical (unpaired) electrons. The van der Waals surface area contributed by atoms with Crippen LogP contribution in [0.2, 0.25) is 0 Å². The Morgan fingerprint density at radius 2 is 1.91 bits per heavy atom. The number of carbonyl (C=O) groups excluding carboxylic acids is 2. The molecular formula is C25H27N6O4-. The number of nitrogens with one attached hydrogen (secondary N) is 3. The highest BCUT2D eigenvalue weighted by Crippen LogP contribution is 2.25. The molecule has 0 spiro atoms. The number of benzene rings is 2. The average Bonchev–Trinajstić information content (AvgIpc) is 2.86. The zero-order valence-corrected chi connectivity index (χ0v) is 19.6. The van der Waals surface area contributed by atoms with Gasteiger partial charge in [0.05, 0.1) is 6.54 Å². The molecule has 0 fully saturated rings. The van der Waals surface area contributed by atoms with Crippen molar-refractivity contribution in [3.05, 3.63) is 70.6 Å². The summed E-state index contributed by atoms with van der Waals surface area (Å²) in [5.41, 5.74) is -0.820. The number of anilines is 1. The van der Waals surface area contributed by atoms with Gasteiger partial charge in [0.25, 0.3) is 5.56 Å². The first-order chi connectivity index (χ1) is 16.8. The predicted octanol–water partition coefficient (Wildman–Crippen LogP) is 2.57. The molecule has 1 atom stereocenters. The second-order valence-corrected chi connectivity index (χ2v) is 7.86. The Hall–Kier alpha value is -4.34. The highest BCUT2D eigenvalue weighted by Gasteiger charge is 2.21. The summed E-state index contributed by atoms with van der Waals surface area (Å²) in [6, 6.07) is 12.4. The van der Waals surface area contributed by atoms with E-state index in [9.17, 15) is 19.8 Å². The van der Waals surface area contributed by atoms with Gasteiger partial charge in [-0.25, -0.2) is 4.98 Å². The van der Waals surface area contributed by atoms with E-state index in [1.54, 1.807) is 13.0 Å². The topological polar surface area (TPSA) is 148 Å². The smallest absolute Gasteiger partial charge is 0.294 e. The van der Waals surface area contributed by atoms with Crippen molar-refractivity contribution < 1.29 is 14.3 Å². The Labute approximate surface area is 202 Å². The third kappa shape index (κ3) is 6.38. The van der Waals surface area contributed by atoms with Crippen LogP contribution in [0, 0.1) is 5.41 Å². The van der Waals surface area contributed by atoms with E-state index < -0.39 is 17.5 Å². The van der Waals surface area contributed by atoms with E-state index in [2.05, 4.69) is 15.6 Å². The Morgan fingerprint density at radius 3 is 2.66 bits per heavy atom. The zero-order chi connectivity index (χ0) is 25.4. The van der Waals surface area contributed by atoms with Crippen LogP contribution in [-0.2, 0) is 9.59 Å². The van der Waals surface area contributed by atoms with Crippen molar-refractivity contribution in [1.82, 2.24) is 14.9 Å². The molecule has 10 nitrogen and oxygen atoms in total. The van der Waals surface area contributed by atoms with Gasteiger partial charge in [-0.3, -0.25) is 19.0 Å². The van der Waals surface area contributed by atoms with Crippen LogP contribution in [0.25, 0.3) is 16.2 Å². The molecule has 3 rings (SSSR count). The van der Waals surface area contributed by atoms with Crippen LogP contribution >= 0.6 is 0 Å². The fraction of sp³-hybridized carbons (Fsp3) is 0.280. The lowest BCUT2D eigenvalue weighted by Crippen LogP contribution is -2.40. The highest BCUT2D eigenvalue weighted by atomic mass is 16.5. The van der Waals surface area contributed by atoms with Gasteiger partial charge in [-0.1, -0.05) is 43.3 Å². The molecule has 0 saturated carbocycles. The van der Waals surface area contributed by atoms with Crippen LogP contribution in [0.15, 0.2) is 59.7 Å². The predicted molar refractivity (Wildman–Crippen MR) is 136 cm³/mol. The Bertz CT molecular complexity index is 1310. The number of hydrogen-bond donors (Lipinski definition) is 3. The van der Waals surface area contributed by atoms with E-state index >= 15 is 0 Å². The fourth-order valence-corrected chi connectivity index (χ4v) is 3.43. The van der Waals surface area contributed by atoms with Crippen molar-refractivity contribution in [3.8, 4) is 5.75 Å². The van der Waals surface area contributed by atoms with Crippen molar-refractivity contribution in [2.75, 3.05) is 25.0 Å². The van der Waals surface area contributed by atoms with Crippen LogP contribution in [0.1, 0.15) is 26.3 Å². The van der Waals surface area contributed by atoms with Gasteiger partial charge >= 0.3 is 0 Å². The number of aromatic nitrogens is 2. The average molecular weight is 476 g/mol. The number of ketones is 1. The molecule has 10 heteroatoms. The Morgan fingerprint density at radius 1 is 1.17 bits per heavy atom. The molecule has 0 saturated heterocycles. The molecule has 35 heavy (non-hydrogen) atoms. The molecule has 0 aliphatic heterocycles. The maximum atomic E-state index is 12.8. The summed E-state index contributed by atoms with van der Waals surface area (Å²) >= 11 is 0. The fourth-order valence-electron chi connectivity index (χ4n) is 3.43. The minimum Gasteiger partial charge on any atom is -0.805 e. The van der Waals surface area contributed by atoms with Gasteiger partial charge < -0.3 is 26.2 Å². The molecule has 0 aliphatic rings. The summed E-state index contributed by atoms with van der Waals surface area (Å²) in [5.74, 6) is -0.293. The Kier molecular flexibility index (Phi) is 8.44. The minimum absolute atomic E-state index is 0.0336. The monoisotopic (exact) mass is 475 g/mol. The number of carbonyl (C=O) groups is 2. The molecule has 1 heterocycles. The van der Waals surface area contributed by atoms with E-state index in [4.69, 9.17) is 10.1 Å². The molecule has 2 aromatic carbocycles. The summed E-state index contributed by atoms with van der Waals surface area (Å²) in [7, 11) is 0. The van der Waals surface area contributed by atoms with Crippen LogP contribution < -0.4 is 20.9 Å². The highest BCUT2D eigenvalue weighted by molar-refractivity contribution is 6.42. The van der Waals surface area contributed by atoms with Crippen molar-refractivity contribution in [2.45, 2.75) is 26.3 Å². The number of hydrogen-bond acceptors (Lipinski definition) is 7. The van der Waals surface area contributed by atoms with Crippen LogP contribution in [-0.4, -0.2) is 52.4 Å². The number of nitrogens with zero attached hydrogens (tertiary/aromatic N) is 3. The van der Waals surface area contributed by atoms with Crippen LogP contribution in [0.5, 0.6) is 5.75 Å². The molecule has 182 valence electrons. The second kappa shape index (κ2) is 11.7. The van der Waals surface area contributed by atoms with Gasteiger partial charge in [-0.2, -0.15) is 0 Å². The van der Waals surface area contributed by atoms with E-state index in [1.807, 2.05) is 36.4 Å². The first kappa shape index (κ1) is 25.3. The molecule has 1 unspecified atom stereocenters. The maximum absolute atomic E-state index is 12.8. The number of Topliss-reactive ketones (excluding diaryl/α,β-unsaturated/α-hetero) is 1. The van der Waals surface area contributed by atoms with Crippen molar-refractivity contribution in [3.63, 3.8) is 0 Å². The molecule has 0 aliphatic carbocycles. The molecule has 3 N–H and O–H groups in total. The molecule has 1 amide bonds. The third-order valence-corrected chi connectivity index (χ3v) is 5.35. The first-order valence-corrected chi connectivity index (χ1v) is 11.1. The van der Waals surface area contributed by atoms with Gasteiger partial charge in [0.15, 0.2) is 11.6 Å². The van der Waals surface area contributed by atoms with E-state index in [0.29, 0.717) is 12.2 Å². The molecular weight excluding hydrogens is 448 g/mol. The maximum Gasteiger partial charge on any atom is 0.294 e. The van der Waals surface area contributed by atoms with E-state index in [-0.39, 0.29) is 42.7 Å². The van der Waals surface area contributed by atoms with Gasteiger partial charge in [0, 0.05) is 30.0 Å². The lowest BCUT2D eigenvalue weighted by Gasteiger charge is -2.19. The molecule has 0 bridgehead atoms. The number of ether oxygens (including phenoxy) is 1. The third-order valence-electron chi connectivity index (χ3n) is 5.35. The minimum atomic E-state index is -0.861. The summed E-state index contributed by atoms with van der Waals surface area (Å²) in [6.07, 6.45) is 3.04. The lowest BCUT2D eigenvalue weighted by molar-refractivity contribution is -0.128. The largest absolute Gasteiger partial charge is 0.805 e. The van der Waals surface area contributed by atoms with Crippen LogP contribution in [0.3, 0.4) is 0 Å². The quantitative estimate of drug-likeness (QED) is 0.343. The number of amides is 1. The molecule has 3 aromatic rings. The van der Waals surface area contributed by atoms with Crippen molar-refractivity contribution in [2.24, 2.45) is 0 Å². The zero-order valence-electron chi connectivity index (χ0n) is 19.6. The first-order valence-electron chi connectivity index (χ1n) is 11.1. The Balaban J connectivity index is 1.60.